The van der Waals surface area contributed by atoms with E-state index in [0.717, 1.165) is 11.1 Å². The molecule has 0 bridgehead atoms. The topological polar surface area (TPSA) is 77.3 Å². The largest absolute Gasteiger partial charge is 0.481 e. The Morgan fingerprint density at radius 3 is 2.84 bits per heavy atom. The van der Waals surface area contributed by atoms with Crippen molar-refractivity contribution >= 4 is 23.2 Å². The van der Waals surface area contributed by atoms with Crippen molar-refractivity contribution in [3.63, 3.8) is 0 Å². The van der Waals surface area contributed by atoms with Gasteiger partial charge in [0, 0.05) is 16.3 Å². The van der Waals surface area contributed by atoms with E-state index in [1.165, 1.54) is 6.39 Å². The van der Waals surface area contributed by atoms with E-state index < -0.39 is 6.10 Å². The Morgan fingerprint density at radius 2 is 2.12 bits per heavy atom. The minimum atomic E-state index is -0.690. The molecule has 0 unspecified atom stereocenters. The van der Waals surface area contributed by atoms with Crippen LogP contribution in [0.4, 0.5) is 5.69 Å². The number of halogens is 1. The maximum atomic E-state index is 12.4. The molecule has 0 saturated heterocycles. The summed E-state index contributed by atoms with van der Waals surface area (Å²) >= 11 is 5.92. The number of rotatable bonds is 5. The van der Waals surface area contributed by atoms with E-state index >= 15 is 0 Å². The van der Waals surface area contributed by atoms with Crippen LogP contribution in [0.15, 0.2) is 53.3 Å². The molecule has 6 nitrogen and oxygen atoms in total. The van der Waals surface area contributed by atoms with E-state index in [-0.39, 0.29) is 5.91 Å². The predicted molar refractivity (Wildman–Crippen MR) is 94.6 cm³/mol. The highest BCUT2D eigenvalue weighted by Gasteiger charge is 2.17. The number of aryl methyl sites for hydroxylation is 1. The Labute approximate surface area is 149 Å². The molecule has 1 aromatic heterocycles. The first-order chi connectivity index (χ1) is 12.0. The molecule has 0 aliphatic rings. The summed E-state index contributed by atoms with van der Waals surface area (Å²) in [5.41, 5.74) is 2.29. The summed E-state index contributed by atoms with van der Waals surface area (Å²) in [5, 5.41) is 10.9. The van der Waals surface area contributed by atoms with Gasteiger partial charge in [0.15, 0.2) is 6.10 Å². The average molecular weight is 358 g/mol. The Kier molecular flexibility index (Phi) is 5.00. The number of aromatic nitrogens is 2. The lowest BCUT2D eigenvalue weighted by Gasteiger charge is -2.16. The second-order valence-electron chi connectivity index (χ2n) is 5.48. The van der Waals surface area contributed by atoms with Crippen LogP contribution in [0.5, 0.6) is 5.75 Å². The number of carbonyl (C=O) groups is 1. The minimum absolute atomic E-state index is 0.272. The van der Waals surface area contributed by atoms with Crippen molar-refractivity contribution in [2.45, 2.75) is 20.0 Å². The van der Waals surface area contributed by atoms with Crippen LogP contribution in [0.2, 0.25) is 5.02 Å². The lowest BCUT2D eigenvalue weighted by atomic mass is 10.1. The number of benzene rings is 2. The highest BCUT2D eigenvalue weighted by atomic mass is 35.5. The molecule has 1 N–H and O–H groups in total. The van der Waals surface area contributed by atoms with Crippen molar-refractivity contribution in [3.8, 4) is 17.2 Å². The van der Waals surface area contributed by atoms with Crippen LogP contribution < -0.4 is 10.1 Å². The molecule has 1 heterocycles. The molecule has 0 fully saturated rings. The van der Waals surface area contributed by atoms with Crippen LogP contribution in [0.3, 0.4) is 0 Å². The molecule has 1 amide bonds. The molecule has 3 rings (SSSR count). The van der Waals surface area contributed by atoms with Gasteiger partial charge in [0.25, 0.3) is 5.91 Å². The second-order valence-corrected chi connectivity index (χ2v) is 5.92. The molecular weight excluding hydrogens is 342 g/mol. The van der Waals surface area contributed by atoms with E-state index in [1.54, 1.807) is 37.3 Å². The van der Waals surface area contributed by atoms with Gasteiger partial charge in [-0.25, -0.2) is 0 Å². The van der Waals surface area contributed by atoms with Gasteiger partial charge in [-0.3, -0.25) is 4.79 Å². The van der Waals surface area contributed by atoms with Gasteiger partial charge in [-0.05, 0) is 49.7 Å². The third-order valence-corrected chi connectivity index (χ3v) is 3.82. The number of hydrogen-bond donors (Lipinski definition) is 1. The summed E-state index contributed by atoms with van der Waals surface area (Å²) in [5.74, 6) is 0.649. The van der Waals surface area contributed by atoms with Gasteiger partial charge >= 0.3 is 0 Å². The summed E-state index contributed by atoms with van der Waals surface area (Å²) in [6.45, 7) is 3.57. The lowest BCUT2D eigenvalue weighted by Crippen LogP contribution is -2.30. The summed E-state index contributed by atoms with van der Waals surface area (Å²) in [4.78, 5) is 12.4. The number of anilines is 1. The smallest absolute Gasteiger partial charge is 0.265 e. The zero-order valence-corrected chi connectivity index (χ0v) is 14.4. The van der Waals surface area contributed by atoms with Crippen LogP contribution in [0.1, 0.15) is 12.5 Å². The maximum absolute atomic E-state index is 12.4. The monoisotopic (exact) mass is 357 g/mol. The van der Waals surface area contributed by atoms with Gasteiger partial charge in [0.05, 0.1) is 0 Å². The lowest BCUT2D eigenvalue weighted by molar-refractivity contribution is -0.122. The van der Waals surface area contributed by atoms with Gasteiger partial charge in [-0.15, -0.1) is 10.2 Å². The van der Waals surface area contributed by atoms with Crippen molar-refractivity contribution in [2.24, 2.45) is 0 Å². The Balaban J connectivity index is 1.73. The highest BCUT2D eigenvalue weighted by Crippen LogP contribution is 2.24. The number of nitrogens with one attached hydrogen (secondary N) is 1. The molecule has 3 aromatic rings. The van der Waals surface area contributed by atoms with Gasteiger partial charge in [0.2, 0.25) is 12.3 Å². The van der Waals surface area contributed by atoms with Gasteiger partial charge < -0.3 is 14.5 Å². The molecule has 0 saturated carbocycles. The molecule has 0 radical (unpaired) electrons. The molecule has 0 aliphatic carbocycles. The predicted octanol–water partition coefficient (Wildman–Crippen LogP) is 4.10. The van der Waals surface area contributed by atoms with Crippen LogP contribution in [0, 0.1) is 6.92 Å². The summed E-state index contributed by atoms with van der Waals surface area (Å²) < 4.78 is 10.8. The molecule has 25 heavy (non-hydrogen) atoms. The van der Waals surface area contributed by atoms with Crippen molar-refractivity contribution in [1.29, 1.82) is 0 Å². The summed E-state index contributed by atoms with van der Waals surface area (Å²) in [6.07, 6.45) is 0.568. The van der Waals surface area contributed by atoms with Crippen molar-refractivity contribution < 1.29 is 13.9 Å². The fourth-order valence-electron chi connectivity index (χ4n) is 2.22. The van der Waals surface area contributed by atoms with Crippen molar-refractivity contribution in [1.82, 2.24) is 10.2 Å². The Hall–Kier alpha value is -2.86. The van der Waals surface area contributed by atoms with Gasteiger partial charge in [-0.2, -0.15) is 0 Å². The fraction of sp³-hybridized carbons (Fsp3) is 0.167. The zero-order chi connectivity index (χ0) is 17.8. The molecule has 2 aromatic carbocycles. The molecule has 0 aliphatic heterocycles. The van der Waals surface area contributed by atoms with E-state index in [4.69, 9.17) is 20.8 Å². The summed E-state index contributed by atoms with van der Waals surface area (Å²) in [6, 6.07) is 12.4. The third-order valence-electron chi connectivity index (χ3n) is 3.58. The zero-order valence-electron chi connectivity index (χ0n) is 13.7. The van der Waals surface area contributed by atoms with Crippen molar-refractivity contribution in [3.05, 3.63) is 59.4 Å². The van der Waals surface area contributed by atoms with Gasteiger partial charge in [-0.1, -0.05) is 23.7 Å². The third kappa shape index (κ3) is 4.16. The Morgan fingerprint density at radius 1 is 1.28 bits per heavy atom. The van der Waals surface area contributed by atoms with Gasteiger partial charge in [0.1, 0.15) is 5.75 Å². The normalized spacial score (nSPS) is 11.8. The van der Waals surface area contributed by atoms with E-state index in [1.807, 2.05) is 19.1 Å². The van der Waals surface area contributed by atoms with Crippen LogP contribution >= 0.6 is 11.6 Å². The fourth-order valence-corrected chi connectivity index (χ4v) is 2.40. The molecule has 0 spiro atoms. The minimum Gasteiger partial charge on any atom is -0.481 e. The summed E-state index contributed by atoms with van der Waals surface area (Å²) in [7, 11) is 0. The van der Waals surface area contributed by atoms with E-state index in [9.17, 15) is 4.79 Å². The Bertz CT molecular complexity index is 881. The standard InChI is InChI=1S/C18H16ClN3O3/c1-11-6-7-13(18-22-20-10-24-18)8-16(11)21-17(23)12(2)25-15-5-3-4-14(19)9-15/h3-10,12H,1-2H3,(H,21,23)/t12-/m1/s1. The van der Waals surface area contributed by atoms with Crippen molar-refractivity contribution in [2.75, 3.05) is 5.32 Å². The number of hydrogen-bond acceptors (Lipinski definition) is 5. The first kappa shape index (κ1) is 17.0. The highest BCUT2D eigenvalue weighted by molar-refractivity contribution is 6.30. The number of carbonyl (C=O) groups excluding carboxylic acids is 1. The first-order valence-corrected chi connectivity index (χ1v) is 8.01. The quantitative estimate of drug-likeness (QED) is 0.743. The molecule has 128 valence electrons. The van der Waals surface area contributed by atoms with Crippen LogP contribution in [0.25, 0.3) is 11.5 Å². The number of nitrogens with zero attached hydrogens (tertiary/aromatic N) is 2. The number of amides is 1. The maximum Gasteiger partial charge on any atom is 0.265 e. The van der Waals surface area contributed by atoms with Crippen LogP contribution in [-0.2, 0) is 4.79 Å². The second kappa shape index (κ2) is 7.36. The molecular formula is C18H16ClN3O3. The average Bonchev–Trinajstić information content (AvgIpc) is 3.11. The first-order valence-electron chi connectivity index (χ1n) is 7.63. The van der Waals surface area contributed by atoms with Crippen LogP contribution in [-0.4, -0.2) is 22.2 Å². The number of ether oxygens (including phenoxy) is 1. The molecule has 1 atom stereocenters. The molecule has 7 heteroatoms. The van der Waals surface area contributed by atoms with E-state index in [0.29, 0.717) is 22.4 Å². The SMILES string of the molecule is Cc1ccc(-c2nnco2)cc1NC(=O)[C@@H](C)Oc1cccc(Cl)c1. The van der Waals surface area contributed by atoms with E-state index in [2.05, 4.69) is 15.5 Å².